The lowest BCUT2D eigenvalue weighted by atomic mass is 9.93. The third-order valence-electron chi connectivity index (χ3n) is 3.80. The zero-order chi connectivity index (χ0) is 13.9. The van der Waals surface area contributed by atoms with Crippen molar-refractivity contribution in [3.63, 3.8) is 0 Å². The zero-order valence-corrected chi connectivity index (χ0v) is 11.8. The van der Waals surface area contributed by atoms with Gasteiger partial charge in [-0.25, -0.2) is 0 Å². The Balaban J connectivity index is 2.07. The van der Waals surface area contributed by atoms with E-state index in [-0.39, 0.29) is 29.9 Å². The summed E-state index contributed by atoms with van der Waals surface area (Å²) < 4.78 is 5.63. The van der Waals surface area contributed by atoms with Crippen molar-refractivity contribution >= 4 is 5.91 Å². The number of hydrogen-bond donors (Lipinski definition) is 1. The largest absolute Gasteiger partial charge is 0.376 e. The molecule has 2 aliphatic heterocycles. The maximum atomic E-state index is 12.5. The van der Waals surface area contributed by atoms with E-state index in [9.17, 15) is 4.79 Å². The molecule has 0 radical (unpaired) electrons. The molecule has 0 bridgehead atoms. The summed E-state index contributed by atoms with van der Waals surface area (Å²) in [5, 5.41) is 12.1. The molecule has 1 N–H and O–H groups in total. The van der Waals surface area contributed by atoms with Crippen molar-refractivity contribution in [1.29, 1.82) is 5.26 Å². The van der Waals surface area contributed by atoms with Crippen LogP contribution in [0.3, 0.4) is 0 Å². The van der Waals surface area contributed by atoms with Gasteiger partial charge >= 0.3 is 0 Å². The number of hydrogen-bond acceptors (Lipinski definition) is 4. The van der Waals surface area contributed by atoms with E-state index in [1.807, 2.05) is 4.90 Å². The van der Waals surface area contributed by atoms with Gasteiger partial charge in [0.15, 0.2) is 0 Å². The molecule has 5 nitrogen and oxygen atoms in total. The van der Waals surface area contributed by atoms with E-state index in [0.717, 1.165) is 32.5 Å². The first kappa shape index (κ1) is 14.3. The second kappa shape index (κ2) is 5.89. The van der Waals surface area contributed by atoms with Gasteiger partial charge in [0.25, 0.3) is 0 Å². The summed E-state index contributed by atoms with van der Waals surface area (Å²) in [7, 11) is 0. The summed E-state index contributed by atoms with van der Waals surface area (Å²) in [6.07, 6.45) is 2.51. The van der Waals surface area contributed by atoms with Crippen molar-refractivity contribution in [1.82, 2.24) is 10.2 Å². The number of carbonyl (C=O) groups is 1. The summed E-state index contributed by atoms with van der Waals surface area (Å²) in [5.41, 5.74) is 0.0263. The molecule has 0 spiro atoms. The van der Waals surface area contributed by atoms with Crippen molar-refractivity contribution in [2.45, 2.75) is 45.3 Å². The van der Waals surface area contributed by atoms with Crippen molar-refractivity contribution in [2.24, 2.45) is 5.41 Å². The number of rotatable bonds is 3. The summed E-state index contributed by atoms with van der Waals surface area (Å²) in [4.78, 5) is 14.4. The molecule has 2 saturated heterocycles. The molecule has 2 rings (SSSR count). The topological polar surface area (TPSA) is 65.4 Å². The average Bonchev–Trinajstić information content (AvgIpc) is 2.82. The second-order valence-electron chi connectivity index (χ2n) is 6.31. The molecule has 0 aromatic heterocycles. The second-order valence-corrected chi connectivity index (χ2v) is 6.31. The molecule has 106 valence electrons. The van der Waals surface area contributed by atoms with E-state index in [4.69, 9.17) is 10.00 Å². The predicted molar refractivity (Wildman–Crippen MR) is 71.4 cm³/mol. The minimum absolute atomic E-state index is 0.0263. The molecule has 19 heavy (non-hydrogen) atoms. The van der Waals surface area contributed by atoms with Crippen LogP contribution in [0, 0.1) is 16.7 Å². The number of nitrogens with zero attached hydrogens (tertiary/aromatic N) is 2. The molecule has 0 aromatic carbocycles. The molecule has 5 heteroatoms. The molecule has 2 unspecified atom stereocenters. The van der Waals surface area contributed by atoms with Crippen molar-refractivity contribution in [3.8, 4) is 6.07 Å². The van der Waals surface area contributed by atoms with Crippen LogP contribution in [-0.4, -0.2) is 49.2 Å². The Labute approximate surface area is 114 Å². The van der Waals surface area contributed by atoms with Crippen molar-refractivity contribution in [2.75, 3.05) is 26.2 Å². The minimum Gasteiger partial charge on any atom is -0.376 e. The van der Waals surface area contributed by atoms with Gasteiger partial charge in [0, 0.05) is 26.2 Å². The van der Waals surface area contributed by atoms with Crippen LogP contribution in [0.25, 0.3) is 0 Å². The average molecular weight is 265 g/mol. The summed E-state index contributed by atoms with van der Waals surface area (Å²) in [5.74, 6) is 0.0441. The van der Waals surface area contributed by atoms with Gasteiger partial charge in [-0.15, -0.1) is 0 Å². The molecular weight excluding hydrogens is 242 g/mol. The van der Waals surface area contributed by atoms with Crippen LogP contribution in [0.2, 0.25) is 0 Å². The van der Waals surface area contributed by atoms with Crippen LogP contribution >= 0.6 is 0 Å². The molecule has 0 aromatic rings. The smallest absolute Gasteiger partial charge is 0.240 e. The maximum Gasteiger partial charge on any atom is 0.240 e. The minimum atomic E-state index is -0.367. The van der Waals surface area contributed by atoms with Crippen LogP contribution in [0.15, 0.2) is 0 Å². The molecule has 1 amide bonds. The highest BCUT2D eigenvalue weighted by Gasteiger charge is 2.35. The Bertz CT molecular complexity index is 369. The van der Waals surface area contributed by atoms with E-state index in [0.29, 0.717) is 6.54 Å². The molecule has 0 saturated carbocycles. The van der Waals surface area contributed by atoms with Crippen molar-refractivity contribution < 1.29 is 9.53 Å². The van der Waals surface area contributed by atoms with Crippen molar-refractivity contribution in [3.05, 3.63) is 0 Å². The van der Waals surface area contributed by atoms with Gasteiger partial charge in [0.05, 0.1) is 24.6 Å². The maximum absolute atomic E-state index is 12.5. The highest BCUT2D eigenvalue weighted by atomic mass is 16.5. The van der Waals surface area contributed by atoms with E-state index in [1.54, 1.807) is 0 Å². The summed E-state index contributed by atoms with van der Waals surface area (Å²) in [6, 6.07) is 1.73. The van der Waals surface area contributed by atoms with Gasteiger partial charge in [-0.1, -0.05) is 13.8 Å². The summed E-state index contributed by atoms with van der Waals surface area (Å²) in [6.45, 7) is 7.23. The van der Waals surface area contributed by atoms with Crippen LogP contribution < -0.4 is 5.32 Å². The molecule has 2 heterocycles. The first-order valence-electron chi connectivity index (χ1n) is 7.02. The number of amides is 1. The lowest BCUT2D eigenvalue weighted by Crippen LogP contribution is -2.46. The summed E-state index contributed by atoms with van der Waals surface area (Å²) >= 11 is 0. The van der Waals surface area contributed by atoms with E-state index in [1.165, 1.54) is 0 Å². The Hall–Kier alpha value is -1.12. The first-order chi connectivity index (χ1) is 9.02. The monoisotopic (exact) mass is 265 g/mol. The molecule has 0 aliphatic carbocycles. The van der Waals surface area contributed by atoms with Gasteiger partial charge in [-0.05, 0) is 18.3 Å². The fourth-order valence-corrected chi connectivity index (χ4v) is 2.80. The molecule has 2 fully saturated rings. The van der Waals surface area contributed by atoms with Gasteiger partial charge in [0.2, 0.25) is 5.91 Å². The number of nitrogens with one attached hydrogen (secondary N) is 1. The van der Waals surface area contributed by atoms with E-state index >= 15 is 0 Å². The molecule has 2 aliphatic rings. The highest BCUT2D eigenvalue weighted by Crippen LogP contribution is 2.23. The Morgan fingerprint density at radius 2 is 2.37 bits per heavy atom. The van der Waals surface area contributed by atoms with Gasteiger partial charge in [-0.2, -0.15) is 5.26 Å². The lowest BCUT2D eigenvalue weighted by molar-refractivity contribution is -0.134. The van der Waals surface area contributed by atoms with Gasteiger partial charge in [-0.3, -0.25) is 4.79 Å². The number of ether oxygens (including phenoxy) is 1. The lowest BCUT2D eigenvalue weighted by Gasteiger charge is -2.31. The Kier molecular flexibility index (Phi) is 4.43. The third kappa shape index (κ3) is 3.68. The molecular formula is C14H23N3O2. The van der Waals surface area contributed by atoms with Crippen LogP contribution in [-0.2, 0) is 9.53 Å². The first-order valence-corrected chi connectivity index (χ1v) is 7.02. The SMILES string of the molecule is CC1(C)CNC(CC#N)C(=O)N(CC2CCCO2)C1. The predicted octanol–water partition coefficient (Wildman–Crippen LogP) is 0.906. The Morgan fingerprint density at radius 3 is 3.00 bits per heavy atom. The van der Waals surface area contributed by atoms with Crippen LogP contribution in [0.5, 0.6) is 0 Å². The standard InChI is InChI=1S/C14H23N3O2/c1-14(2)9-16-12(5-6-15)13(18)17(10-14)8-11-4-3-7-19-11/h11-12,16H,3-5,7-10H2,1-2H3. The van der Waals surface area contributed by atoms with Crippen LogP contribution in [0.1, 0.15) is 33.1 Å². The van der Waals surface area contributed by atoms with Gasteiger partial charge < -0.3 is 15.0 Å². The number of carbonyl (C=O) groups excluding carboxylic acids is 1. The number of nitriles is 1. The van der Waals surface area contributed by atoms with Gasteiger partial charge in [0.1, 0.15) is 0 Å². The highest BCUT2D eigenvalue weighted by molar-refractivity contribution is 5.82. The van der Waals surface area contributed by atoms with Crippen LogP contribution in [0.4, 0.5) is 0 Å². The fraction of sp³-hybridized carbons (Fsp3) is 0.857. The normalized spacial score (nSPS) is 31.0. The Morgan fingerprint density at radius 1 is 1.58 bits per heavy atom. The molecule has 2 atom stereocenters. The van der Waals surface area contributed by atoms with E-state index < -0.39 is 0 Å². The fourth-order valence-electron chi connectivity index (χ4n) is 2.80. The quantitative estimate of drug-likeness (QED) is 0.823. The third-order valence-corrected chi connectivity index (χ3v) is 3.80. The zero-order valence-electron chi connectivity index (χ0n) is 11.8. The van der Waals surface area contributed by atoms with E-state index in [2.05, 4.69) is 25.2 Å².